The normalized spacial score (nSPS) is 11.2. The number of hydrogen-bond acceptors (Lipinski definition) is 4. The maximum atomic E-state index is 5.73. The molecule has 0 radical (unpaired) electrons. The highest BCUT2D eigenvalue weighted by Gasteiger charge is 2.11. The van der Waals surface area contributed by atoms with Crippen LogP contribution in [0.15, 0.2) is 22.6 Å². The summed E-state index contributed by atoms with van der Waals surface area (Å²) in [6.45, 7) is 9.21. The highest BCUT2D eigenvalue weighted by Crippen LogP contribution is 2.23. The van der Waals surface area contributed by atoms with Crippen LogP contribution in [0.1, 0.15) is 30.9 Å². The van der Waals surface area contributed by atoms with E-state index in [-0.39, 0.29) is 0 Å². The molecule has 2 aromatic rings. The van der Waals surface area contributed by atoms with Crippen molar-refractivity contribution in [3.63, 3.8) is 0 Å². The number of aromatic nitrogens is 2. The molecule has 0 aliphatic heterocycles. The molecule has 1 aromatic heterocycles. The van der Waals surface area contributed by atoms with Crippen LogP contribution >= 0.6 is 0 Å². The first-order chi connectivity index (χ1) is 9.06. The predicted octanol–water partition coefficient (Wildman–Crippen LogP) is 2.89. The minimum atomic E-state index is 0.474. The molecule has 4 heteroatoms. The topological polar surface area (TPSA) is 51.0 Å². The molecule has 0 aliphatic carbocycles. The molecule has 0 bridgehead atoms. The van der Waals surface area contributed by atoms with E-state index in [9.17, 15) is 0 Å². The van der Waals surface area contributed by atoms with Gasteiger partial charge in [-0.15, -0.1) is 10.2 Å². The van der Waals surface area contributed by atoms with Gasteiger partial charge in [-0.1, -0.05) is 31.5 Å². The molecule has 0 amide bonds. The fourth-order valence-corrected chi connectivity index (χ4v) is 1.90. The van der Waals surface area contributed by atoms with Gasteiger partial charge in [0.2, 0.25) is 11.8 Å². The van der Waals surface area contributed by atoms with E-state index in [0.717, 1.165) is 24.1 Å². The van der Waals surface area contributed by atoms with Gasteiger partial charge in [0.25, 0.3) is 0 Å². The molecule has 102 valence electrons. The second kappa shape index (κ2) is 5.97. The van der Waals surface area contributed by atoms with Gasteiger partial charge in [0, 0.05) is 24.6 Å². The molecule has 0 unspecified atom stereocenters. The Morgan fingerprint density at radius 3 is 2.74 bits per heavy atom. The Hall–Kier alpha value is -1.68. The smallest absolute Gasteiger partial charge is 0.248 e. The summed E-state index contributed by atoms with van der Waals surface area (Å²) in [6, 6.07) is 6.72. The Kier molecular flexibility index (Phi) is 4.32. The van der Waals surface area contributed by atoms with Crippen LogP contribution in [0.2, 0.25) is 0 Å². The second-order valence-electron chi connectivity index (χ2n) is 5.18. The lowest BCUT2D eigenvalue weighted by atomic mass is 10.1. The highest BCUT2D eigenvalue weighted by atomic mass is 16.4. The lowest BCUT2D eigenvalue weighted by molar-refractivity contribution is 0.484. The molecule has 1 N–H and O–H groups in total. The lowest BCUT2D eigenvalue weighted by Gasteiger charge is -2.05. The summed E-state index contributed by atoms with van der Waals surface area (Å²) >= 11 is 0. The number of nitrogens with one attached hydrogen (secondary N) is 1. The third-order valence-corrected chi connectivity index (χ3v) is 2.98. The average molecular weight is 259 g/mol. The zero-order chi connectivity index (χ0) is 13.8. The van der Waals surface area contributed by atoms with Crippen molar-refractivity contribution in [2.75, 3.05) is 6.54 Å². The van der Waals surface area contributed by atoms with E-state index in [4.69, 9.17) is 4.42 Å². The molecular formula is C15H21N3O. The van der Waals surface area contributed by atoms with Gasteiger partial charge in [0.15, 0.2) is 0 Å². The highest BCUT2D eigenvalue weighted by molar-refractivity contribution is 5.59. The van der Waals surface area contributed by atoms with Crippen molar-refractivity contribution in [3.8, 4) is 11.5 Å². The number of benzene rings is 1. The molecule has 1 aromatic carbocycles. The maximum Gasteiger partial charge on any atom is 0.248 e. The Morgan fingerprint density at radius 1 is 1.21 bits per heavy atom. The number of hydrogen-bond donors (Lipinski definition) is 1. The van der Waals surface area contributed by atoms with Crippen LogP contribution in [-0.2, 0) is 6.42 Å². The Balaban J connectivity index is 2.10. The van der Waals surface area contributed by atoms with Gasteiger partial charge in [-0.05, 0) is 25.5 Å². The quantitative estimate of drug-likeness (QED) is 0.897. The van der Waals surface area contributed by atoms with Crippen LogP contribution in [0, 0.1) is 13.8 Å². The zero-order valence-electron chi connectivity index (χ0n) is 12.0. The third-order valence-electron chi connectivity index (χ3n) is 2.98. The van der Waals surface area contributed by atoms with Crippen molar-refractivity contribution >= 4 is 0 Å². The first-order valence-corrected chi connectivity index (χ1v) is 6.69. The van der Waals surface area contributed by atoms with Crippen LogP contribution in [-0.4, -0.2) is 22.8 Å². The minimum absolute atomic E-state index is 0.474. The van der Waals surface area contributed by atoms with Gasteiger partial charge < -0.3 is 9.73 Å². The summed E-state index contributed by atoms with van der Waals surface area (Å²) < 4.78 is 5.73. The van der Waals surface area contributed by atoms with Crippen LogP contribution in [0.4, 0.5) is 0 Å². The molecule has 0 spiro atoms. The molecule has 1 heterocycles. The largest absolute Gasteiger partial charge is 0.421 e. The van der Waals surface area contributed by atoms with Crippen LogP contribution in [0.25, 0.3) is 11.5 Å². The Morgan fingerprint density at radius 2 is 2.00 bits per heavy atom. The van der Waals surface area contributed by atoms with Crippen molar-refractivity contribution in [1.29, 1.82) is 0 Å². The average Bonchev–Trinajstić information content (AvgIpc) is 2.80. The maximum absolute atomic E-state index is 5.73. The minimum Gasteiger partial charge on any atom is -0.421 e. The Bertz CT molecular complexity index is 546. The van der Waals surface area contributed by atoms with Gasteiger partial charge >= 0.3 is 0 Å². The summed E-state index contributed by atoms with van der Waals surface area (Å²) in [4.78, 5) is 0. The molecular weight excluding hydrogens is 238 g/mol. The first-order valence-electron chi connectivity index (χ1n) is 6.69. The first kappa shape index (κ1) is 13.7. The van der Waals surface area contributed by atoms with Crippen molar-refractivity contribution in [2.24, 2.45) is 0 Å². The molecule has 0 aliphatic rings. The molecule has 0 fully saturated rings. The second-order valence-corrected chi connectivity index (χ2v) is 5.18. The number of aryl methyl sites for hydroxylation is 2. The van der Waals surface area contributed by atoms with E-state index < -0.39 is 0 Å². The summed E-state index contributed by atoms with van der Waals surface area (Å²) in [5, 5.41) is 11.6. The van der Waals surface area contributed by atoms with E-state index in [0.29, 0.717) is 17.8 Å². The summed E-state index contributed by atoms with van der Waals surface area (Å²) in [7, 11) is 0. The molecule has 0 saturated carbocycles. The van der Waals surface area contributed by atoms with Crippen molar-refractivity contribution < 1.29 is 4.42 Å². The van der Waals surface area contributed by atoms with Gasteiger partial charge in [0.1, 0.15) is 0 Å². The summed E-state index contributed by atoms with van der Waals surface area (Å²) in [5.41, 5.74) is 3.37. The number of nitrogens with zero attached hydrogens (tertiary/aromatic N) is 2. The van der Waals surface area contributed by atoms with Crippen molar-refractivity contribution in [1.82, 2.24) is 15.5 Å². The van der Waals surface area contributed by atoms with Crippen molar-refractivity contribution in [2.45, 2.75) is 40.2 Å². The summed E-state index contributed by atoms with van der Waals surface area (Å²) in [5.74, 6) is 1.30. The number of rotatable bonds is 5. The molecule has 0 saturated heterocycles. The van der Waals surface area contributed by atoms with Gasteiger partial charge in [-0.3, -0.25) is 0 Å². The predicted molar refractivity (Wildman–Crippen MR) is 76.1 cm³/mol. The molecule has 0 atom stereocenters. The standard InChI is InChI=1S/C15H21N3O/c1-10(2)16-8-7-14-17-18-15(19-14)13-9-11(3)5-6-12(13)4/h5-6,9-10,16H,7-8H2,1-4H3. The van der Waals surface area contributed by atoms with E-state index in [1.807, 2.05) is 0 Å². The van der Waals surface area contributed by atoms with Crippen molar-refractivity contribution in [3.05, 3.63) is 35.2 Å². The van der Waals surface area contributed by atoms with E-state index in [1.54, 1.807) is 0 Å². The lowest BCUT2D eigenvalue weighted by Crippen LogP contribution is -2.25. The Labute approximate surface area is 114 Å². The fourth-order valence-electron chi connectivity index (χ4n) is 1.90. The molecule has 2 rings (SSSR count). The fraction of sp³-hybridized carbons (Fsp3) is 0.467. The van der Waals surface area contributed by atoms with Crippen LogP contribution in [0.5, 0.6) is 0 Å². The van der Waals surface area contributed by atoms with Gasteiger partial charge in [-0.25, -0.2) is 0 Å². The van der Waals surface area contributed by atoms with Gasteiger partial charge in [0.05, 0.1) is 0 Å². The van der Waals surface area contributed by atoms with E-state index in [2.05, 4.69) is 61.4 Å². The summed E-state index contributed by atoms with van der Waals surface area (Å²) in [6.07, 6.45) is 0.760. The van der Waals surface area contributed by atoms with Crippen LogP contribution < -0.4 is 5.32 Å². The van der Waals surface area contributed by atoms with E-state index in [1.165, 1.54) is 5.56 Å². The molecule has 4 nitrogen and oxygen atoms in total. The van der Waals surface area contributed by atoms with Gasteiger partial charge in [-0.2, -0.15) is 0 Å². The van der Waals surface area contributed by atoms with Crippen LogP contribution in [0.3, 0.4) is 0 Å². The van der Waals surface area contributed by atoms with E-state index >= 15 is 0 Å². The monoisotopic (exact) mass is 259 g/mol. The molecule has 19 heavy (non-hydrogen) atoms. The zero-order valence-corrected chi connectivity index (χ0v) is 12.0. The third kappa shape index (κ3) is 3.64. The SMILES string of the molecule is Cc1ccc(C)c(-c2nnc(CCNC(C)C)o2)c1.